The van der Waals surface area contributed by atoms with E-state index in [1.165, 1.54) is 43.6 Å². The molecule has 3 heterocycles. The third kappa shape index (κ3) is 4.71. The van der Waals surface area contributed by atoms with Crippen LogP contribution in [0.5, 0.6) is 11.5 Å². The highest BCUT2D eigenvalue weighted by atomic mass is 32.1. The van der Waals surface area contributed by atoms with E-state index in [1.807, 2.05) is 0 Å². The molecule has 0 bridgehead atoms. The molecule has 0 fully saturated rings. The highest BCUT2D eigenvalue weighted by molar-refractivity contribution is 7.26. The Bertz CT molecular complexity index is 3170. The van der Waals surface area contributed by atoms with Crippen LogP contribution in [0.25, 0.3) is 76.3 Å². The number of hydrogen-bond donors (Lipinski definition) is 0. The predicted molar refractivity (Wildman–Crippen MR) is 234 cm³/mol. The lowest BCUT2D eigenvalue weighted by molar-refractivity contribution is 0.436. The fraction of sp³-hybridized carbons (Fsp3) is 0.0189. The van der Waals surface area contributed by atoms with Crippen molar-refractivity contribution in [3.05, 3.63) is 216 Å². The molecule has 3 nitrogen and oxygen atoms in total. The molecule has 1 spiro atoms. The molecule has 8 aromatic carbocycles. The fourth-order valence-corrected chi connectivity index (χ4v) is 10.5. The van der Waals surface area contributed by atoms with Crippen molar-refractivity contribution in [2.45, 2.75) is 5.41 Å². The molecule has 0 amide bonds. The zero-order chi connectivity index (χ0) is 37.5. The SMILES string of the molecule is c1ccc(-c2ccccc2-c2nc(-c3ccc(-c4ccc5c(c4)C4(c6ccccc6Oc6ccccc64)c4ccccc4-5)cc3)c3sc4ccccc4c3n2)cc1. The molecule has 12 rings (SSSR count). The predicted octanol–water partition coefficient (Wildman–Crippen LogP) is 14.0. The van der Waals surface area contributed by atoms with Gasteiger partial charge in [0.25, 0.3) is 0 Å². The van der Waals surface area contributed by atoms with Crippen molar-refractivity contribution in [2.24, 2.45) is 0 Å². The van der Waals surface area contributed by atoms with Crippen LogP contribution >= 0.6 is 11.3 Å². The number of thiophene rings is 1. The number of para-hydroxylation sites is 2. The van der Waals surface area contributed by atoms with Crippen LogP contribution in [0.1, 0.15) is 22.3 Å². The Morgan fingerprint density at radius 2 is 0.982 bits per heavy atom. The number of benzene rings is 8. The Balaban J connectivity index is 1.02. The van der Waals surface area contributed by atoms with Crippen molar-refractivity contribution in [1.82, 2.24) is 9.97 Å². The summed E-state index contributed by atoms with van der Waals surface area (Å²) in [5.41, 5.74) is 15.5. The number of hydrogen-bond acceptors (Lipinski definition) is 4. The van der Waals surface area contributed by atoms with Gasteiger partial charge >= 0.3 is 0 Å². The van der Waals surface area contributed by atoms with E-state index in [0.717, 1.165) is 66.4 Å². The maximum Gasteiger partial charge on any atom is 0.161 e. The summed E-state index contributed by atoms with van der Waals surface area (Å²) in [5.74, 6) is 2.53. The number of aromatic nitrogens is 2. The van der Waals surface area contributed by atoms with E-state index in [9.17, 15) is 0 Å². The van der Waals surface area contributed by atoms with Crippen LogP contribution in [-0.2, 0) is 5.41 Å². The van der Waals surface area contributed by atoms with Crippen LogP contribution in [0.15, 0.2) is 194 Å². The van der Waals surface area contributed by atoms with Gasteiger partial charge in [-0.3, -0.25) is 0 Å². The first kappa shape index (κ1) is 32.1. The van der Waals surface area contributed by atoms with Crippen LogP contribution in [0.2, 0.25) is 0 Å². The molecule has 0 atom stereocenters. The minimum absolute atomic E-state index is 0.506. The topological polar surface area (TPSA) is 35.0 Å². The molecule has 57 heavy (non-hydrogen) atoms. The van der Waals surface area contributed by atoms with Gasteiger partial charge in [-0.15, -0.1) is 11.3 Å². The molecule has 1 aliphatic heterocycles. The van der Waals surface area contributed by atoms with Crippen molar-refractivity contribution in [1.29, 1.82) is 0 Å². The molecule has 266 valence electrons. The minimum Gasteiger partial charge on any atom is -0.457 e. The van der Waals surface area contributed by atoms with Crippen LogP contribution < -0.4 is 4.74 Å². The van der Waals surface area contributed by atoms with Crippen molar-refractivity contribution in [3.8, 4) is 67.5 Å². The van der Waals surface area contributed by atoms with Crippen molar-refractivity contribution >= 4 is 31.6 Å². The average molecular weight is 745 g/mol. The van der Waals surface area contributed by atoms with E-state index in [1.54, 1.807) is 11.3 Å². The molecule has 10 aromatic rings. The fourth-order valence-electron chi connectivity index (χ4n) is 9.31. The summed E-state index contributed by atoms with van der Waals surface area (Å²) in [4.78, 5) is 10.7. The maximum atomic E-state index is 6.57. The summed E-state index contributed by atoms with van der Waals surface area (Å²) < 4.78 is 8.87. The second-order valence-corrected chi connectivity index (χ2v) is 15.9. The third-order valence-electron chi connectivity index (χ3n) is 11.8. The Hall–Kier alpha value is -7.14. The van der Waals surface area contributed by atoms with Crippen LogP contribution in [0, 0.1) is 0 Å². The standard InChI is InChI=1S/C53H32N2OS/c1-2-14-34(15-3-1)37-16-4-5-18-40(37)52-54-49(51-50(55-52)41-19-7-13-25-48(41)57-51)35-28-26-33(27-29-35)36-30-31-39-38-17-6-8-20-42(38)53(45(39)32-36)43-21-9-11-23-46(43)56-47-24-12-10-22-44(47)53/h1-32H. The van der Waals surface area contributed by atoms with Gasteiger partial charge in [-0.2, -0.15) is 0 Å². The number of nitrogens with zero attached hydrogens (tertiary/aromatic N) is 2. The first-order chi connectivity index (χ1) is 28.3. The molecule has 0 saturated carbocycles. The molecule has 2 aromatic heterocycles. The van der Waals surface area contributed by atoms with Gasteiger partial charge in [0, 0.05) is 32.3 Å². The highest BCUT2D eigenvalue weighted by Gasteiger charge is 2.51. The molecular weight excluding hydrogens is 713 g/mol. The summed E-state index contributed by atoms with van der Waals surface area (Å²) in [5, 5.41) is 1.15. The second kappa shape index (κ2) is 12.4. The largest absolute Gasteiger partial charge is 0.457 e. The van der Waals surface area contributed by atoms with Gasteiger partial charge in [0.05, 0.1) is 21.3 Å². The number of fused-ring (bicyclic) bond motifs is 12. The van der Waals surface area contributed by atoms with Crippen molar-refractivity contribution in [2.75, 3.05) is 0 Å². The molecule has 0 unspecified atom stereocenters. The summed E-state index contributed by atoms with van der Waals surface area (Å²) in [6, 6.07) is 69.4. The third-order valence-corrected chi connectivity index (χ3v) is 13.0. The van der Waals surface area contributed by atoms with Crippen LogP contribution in [0.4, 0.5) is 0 Å². The second-order valence-electron chi connectivity index (χ2n) is 14.8. The van der Waals surface area contributed by atoms with E-state index >= 15 is 0 Å². The van der Waals surface area contributed by atoms with Crippen LogP contribution in [0.3, 0.4) is 0 Å². The normalized spacial score (nSPS) is 13.2. The highest BCUT2D eigenvalue weighted by Crippen LogP contribution is 2.62. The molecule has 2 aliphatic rings. The quantitative estimate of drug-likeness (QED) is 0.180. The van der Waals surface area contributed by atoms with E-state index in [2.05, 4.69) is 194 Å². The van der Waals surface area contributed by atoms with Gasteiger partial charge in [0.15, 0.2) is 5.82 Å². The first-order valence-electron chi connectivity index (χ1n) is 19.3. The molecule has 4 heteroatoms. The van der Waals surface area contributed by atoms with E-state index < -0.39 is 5.41 Å². The van der Waals surface area contributed by atoms with Crippen LogP contribution in [-0.4, -0.2) is 9.97 Å². The Labute approximate surface area is 334 Å². The van der Waals surface area contributed by atoms with Gasteiger partial charge < -0.3 is 4.74 Å². The zero-order valence-corrected chi connectivity index (χ0v) is 31.5. The smallest absolute Gasteiger partial charge is 0.161 e. The maximum absolute atomic E-state index is 6.57. The van der Waals surface area contributed by atoms with E-state index in [0.29, 0.717) is 0 Å². The molecule has 0 saturated heterocycles. The first-order valence-corrected chi connectivity index (χ1v) is 20.1. The lowest BCUT2D eigenvalue weighted by atomic mass is 9.66. The van der Waals surface area contributed by atoms with Crippen molar-refractivity contribution in [3.63, 3.8) is 0 Å². The van der Waals surface area contributed by atoms with Gasteiger partial charge in [0.1, 0.15) is 11.5 Å². The molecule has 1 aliphatic carbocycles. The molecular formula is C53H32N2OS. The summed E-state index contributed by atoms with van der Waals surface area (Å²) >= 11 is 1.76. The van der Waals surface area contributed by atoms with Gasteiger partial charge in [-0.25, -0.2) is 9.97 Å². The van der Waals surface area contributed by atoms with E-state index in [-0.39, 0.29) is 0 Å². The van der Waals surface area contributed by atoms with Gasteiger partial charge in [-0.05, 0) is 68.8 Å². The molecule has 0 N–H and O–H groups in total. The summed E-state index contributed by atoms with van der Waals surface area (Å²) in [6.07, 6.45) is 0. The lowest BCUT2D eigenvalue weighted by Crippen LogP contribution is -2.32. The summed E-state index contributed by atoms with van der Waals surface area (Å²) in [7, 11) is 0. The summed E-state index contributed by atoms with van der Waals surface area (Å²) in [6.45, 7) is 0. The minimum atomic E-state index is -0.506. The molecule has 0 radical (unpaired) electrons. The number of ether oxygens (including phenoxy) is 1. The number of rotatable bonds is 4. The Kier molecular flexibility index (Phi) is 7.01. The zero-order valence-electron chi connectivity index (χ0n) is 30.7. The van der Waals surface area contributed by atoms with Gasteiger partial charge in [0.2, 0.25) is 0 Å². The van der Waals surface area contributed by atoms with Crippen molar-refractivity contribution < 1.29 is 4.74 Å². The lowest BCUT2D eigenvalue weighted by Gasteiger charge is -2.39. The monoisotopic (exact) mass is 744 g/mol. The van der Waals surface area contributed by atoms with Gasteiger partial charge in [-0.1, -0.05) is 170 Å². The van der Waals surface area contributed by atoms with E-state index in [4.69, 9.17) is 14.7 Å². The Morgan fingerprint density at radius 3 is 1.75 bits per heavy atom. The Morgan fingerprint density at radius 1 is 0.404 bits per heavy atom. The average Bonchev–Trinajstić information content (AvgIpc) is 3.80.